The average molecular weight is 359 g/mol. The minimum absolute atomic E-state index is 0. The molecule has 0 aliphatic carbocycles. The zero-order valence-corrected chi connectivity index (χ0v) is 15.9. The molecular formula is C17H31ClN4S. The van der Waals surface area contributed by atoms with Crippen molar-refractivity contribution in [1.82, 2.24) is 14.8 Å². The number of nitrogen functional groups attached to an aromatic ring is 1. The number of rotatable bonds is 5. The first kappa shape index (κ1) is 19.0. The Labute approximate surface area is 150 Å². The van der Waals surface area contributed by atoms with E-state index in [1.165, 1.54) is 69.6 Å². The highest BCUT2D eigenvalue weighted by Gasteiger charge is 2.22. The van der Waals surface area contributed by atoms with Crippen LogP contribution in [0.1, 0.15) is 50.3 Å². The summed E-state index contributed by atoms with van der Waals surface area (Å²) in [5.74, 6) is 0.928. The Morgan fingerprint density at radius 1 is 1.22 bits per heavy atom. The SMILES string of the molecule is CC1CCCCN1CCC1CCN(Cc2cnc(N)s2)CC1.Cl. The van der Waals surface area contributed by atoms with Crippen LogP contribution in [-0.2, 0) is 6.54 Å². The number of piperidine rings is 2. The summed E-state index contributed by atoms with van der Waals surface area (Å²) in [6.45, 7) is 8.55. The highest BCUT2D eigenvalue weighted by atomic mass is 35.5. The molecule has 0 aromatic carbocycles. The van der Waals surface area contributed by atoms with Crippen LogP contribution in [0.3, 0.4) is 0 Å². The van der Waals surface area contributed by atoms with Crippen molar-refractivity contribution in [3.05, 3.63) is 11.1 Å². The summed E-state index contributed by atoms with van der Waals surface area (Å²) in [6.07, 6.45) is 10.3. The molecule has 6 heteroatoms. The summed E-state index contributed by atoms with van der Waals surface area (Å²) < 4.78 is 0. The van der Waals surface area contributed by atoms with Crippen LogP contribution in [0.15, 0.2) is 6.20 Å². The van der Waals surface area contributed by atoms with Gasteiger partial charge in [-0.2, -0.15) is 0 Å². The lowest BCUT2D eigenvalue weighted by Gasteiger charge is -2.36. The van der Waals surface area contributed by atoms with Crippen molar-refractivity contribution in [1.29, 1.82) is 0 Å². The van der Waals surface area contributed by atoms with Crippen LogP contribution in [0.2, 0.25) is 0 Å². The van der Waals surface area contributed by atoms with Gasteiger partial charge in [0.25, 0.3) is 0 Å². The van der Waals surface area contributed by atoms with E-state index < -0.39 is 0 Å². The number of halogens is 1. The first-order valence-corrected chi connectivity index (χ1v) is 9.69. The van der Waals surface area contributed by atoms with Crippen molar-refractivity contribution < 1.29 is 0 Å². The van der Waals surface area contributed by atoms with Crippen molar-refractivity contribution >= 4 is 28.9 Å². The molecular weight excluding hydrogens is 328 g/mol. The molecule has 1 atom stereocenters. The van der Waals surface area contributed by atoms with Crippen LogP contribution in [0.25, 0.3) is 0 Å². The second-order valence-corrected chi connectivity index (χ2v) is 8.20. The van der Waals surface area contributed by atoms with E-state index in [0.29, 0.717) is 5.13 Å². The summed E-state index contributed by atoms with van der Waals surface area (Å²) in [4.78, 5) is 10.7. The fourth-order valence-corrected chi connectivity index (χ4v) is 4.61. The number of thiazole rings is 1. The maximum atomic E-state index is 5.71. The molecule has 0 amide bonds. The number of aromatic nitrogens is 1. The predicted molar refractivity (Wildman–Crippen MR) is 101 cm³/mol. The number of hydrogen-bond donors (Lipinski definition) is 1. The van der Waals surface area contributed by atoms with Crippen molar-refractivity contribution in [3.63, 3.8) is 0 Å². The Hall–Kier alpha value is -0.360. The van der Waals surface area contributed by atoms with Gasteiger partial charge in [0.1, 0.15) is 0 Å². The molecule has 2 N–H and O–H groups in total. The number of nitrogens with two attached hydrogens (primary N) is 1. The zero-order chi connectivity index (χ0) is 15.4. The molecule has 0 spiro atoms. The standard InChI is InChI=1S/C17H30N4S.ClH/c1-14-4-2-3-8-21(14)11-7-15-5-9-20(10-6-15)13-16-12-19-17(18)22-16;/h12,14-15H,2-11,13H2,1H3,(H2,18,19);1H. The van der Waals surface area contributed by atoms with Crippen molar-refractivity contribution in [3.8, 4) is 0 Å². The van der Waals surface area contributed by atoms with Crippen molar-refractivity contribution in [2.45, 2.75) is 58.0 Å². The number of nitrogens with zero attached hydrogens (tertiary/aromatic N) is 3. The topological polar surface area (TPSA) is 45.4 Å². The number of likely N-dealkylation sites (tertiary alicyclic amines) is 2. The molecule has 1 aromatic heterocycles. The summed E-state index contributed by atoms with van der Waals surface area (Å²) >= 11 is 1.63. The molecule has 1 unspecified atom stereocenters. The smallest absolute Gasteiger partial charge is 0.180 e. The van der Waals surface area contributed by atoms with Crippen LogP contribution in [0.4, 0.5) is 5.13 Å². The largest absolute Gasteiger partial charge is 0.375 e. The van der Waals surface area contributed by atoms with Gasteiger partial charge in [-0.15, -0.1) is 23.7 Å². The Balaban J connectivity index is 0.00000192. The molecule has 3 rings (SSSR count). The molecule has 0 bridgehead atoms. The molecule has 2 aliphatic rings. The van der Waals surface area contributed by atoms with E-state index in [2.05, 4.69) is 21.7 Å². The third-order valence-electron chi connectivity index (χ3n) is 5.42. The first-order chi connectivity index (χ1) is 10.7. The third kappa shape index (κ3) is 5.59. The zero-order valence-electron chi connectivity index (χ0n) is 14.2. The van der Waals surface area contributed by atoms with Gasteiger partial charge in [0.05, 0.1) is 0 Å². The van der Waals surface area contributed by atoms with Gasteiger partial charge < -0.3 is 10.6 Å². The second-order valence-electron chi connectivity index (χ2n) is 7.05. The van der Waals surface area contributed by atoms with E-state index in [0.717, 1.165) is 18.5 Å². The highest BCUT2D eigenvalue weighted by Crippen LogP contribution is 2.25. The van der Waals surface area contributed by atoms with Gasteiger partial charge in [-0.05, 0) is 71.1 Å². The van der Waals surface area contributed by atoms with Crippen LogP contribution in [-0.4, -0.2) is 47.0 Å². The predicted octanol–water partition coefficient (Wildman–Crippen LogP) is 3.62. The molecule has 2 fully saturated rings. The highest BCUT2D eigenvalue weighted by molar-refractivity contribution is 7.15. The van der Waals surface area contributed by atoms with Gasteiger partial charge in [0, 0.05) is 23.7 Å². The van der Waals surface area contributed by atoms with E-state index in [1.54, 1.807) is 11.3 Å². The van der Waals surface area contributed by atoms with E-state index in [-0.39, 0.29) is 12.4 Å². The molecule has 0 saturated carbocycles. The molecule has 1 aromatic rings. The number of anilines is 1. The van der Waals surface area contributed by atoms with Crippen LogP contribution in [0, 0.1) is 5.92 Å². The van der Waals surface area contributed by atoms with Gasteiger partial charge in [0.15, 0.2) is 5.13 Å². The molecule has 2 aliphatic heterocycles. The Bertz CT molecular complexity index is 459. The second kappa shape index (κ2) is 9.21. The van der Waals surface area contributed by atoms with E-state index >= 15 is 0 Å². The summed E-state index contributed by atoms with van der Waals surface area (Å²) in [7, 11) is 0. The molecule has 4 nitrogen and oxygen atoms in total. The van der Waals surface area contributed by atoms with Gasteiger partial charge in [0.2, 0.25) is 0 Å². The van der Waals surface area contributed by atoms with Crippen molar-refractivity contribution in [2.75, 3.05) is 31.9 Å². The van der Waals surface area contributed by atoms with Crippen LogP contribution >= 0.6 is 23.7 Å². The lowest BCUT2D eigenvalue weighted by Crippen LogP contribution is -2.40. The van der Waals surface area contributed by atoms with E-state index in [4.69, 9.17) is 5.73 Å². The Morgan fingerprint density at radius 3 is 2.65 bits per heavy atom. The first-order valence-electron chi connectivity index (χ1n) is 8.87. The summed E-state index contributed by atoms with van der Waals surface area (Å²) in [5, 5.41) is 0.695. The van der Waals surface area contributed by atoms with Gasteiger partial charge in [-0.25, -0.2) is 4.98 Å². The normalized spacial score (nSPS) is 24.5. The van der Waals surface area contributed by atoms with Gasteiger partial charge in [-0.1, -0.05) is 6.42 Å². The third-order valence-corrected chi connectivity index (χ3v) is 6.23. The summed E-state index contributed by atoms with van der Waals surface area (Å²) in [6, 6.07) is 0.811. The van der Waals surface area contributed by atoms with E-state index in [9.17, 15) is 0 Å². The molecule has 0 radical (unpaired) electrons. The van der Waals surface area contributed by atoms with Crippen LogP contribution in [0.5, 0.6) is 0 Å². The lowest BCUT2D eigenvalue weighted by molar-refractivity contribution is 0.127. The summed E-state index contributed by atoms with van der Waals surface area (Å²) in [5.41, 5.74) is 5.71. The quantitative estimate of drug-likeness (QED) is 0.873. The molecule has 132 valence electrons. The Kier molecular flexibility index (Phi) is 7.60. The molecule has 2 saturated heterocycles. The van der Waals surface area contributed by atoms with Gasteiger partial charge in [-0.3, -0.25) is 4.90 Å². The lowest BCUT2D eigenvalue weighted by atomic mass is 9.92. The van der Waals surface area contributed by atoms with Crippen molar-refractivity contribution in [2.24, 2.45) is 5.92 Å². The minimum atomic E-state index is 0. The Morgan fingerprint density at radius 2 is 2.00 bits per heavy atom. The maximum absolute atomic E-state index is 5.71. The van der Waals surface area contributed by atoms with E-state index in [1.807, 2.05) is 6.20 Å². The van der Waals surface area contributed by atoms with Gasteiger partial charge >= 0.3 is 0 Å². The maximum Gasteiger partial charge on any atom is 0.180 e. The fraction of sp³-hybridized carbons (Fsp3) is 0.824. The minimum Gasteiger partial charge on any atom is -0.375 e. The number of hydrogen-bond acceptors (Lipinski definition) is 5. The average Bonchev–Trinajstić information content (AvgIpc) is 2.93. The molecule has 23 heavy (non-hydrogen) atoms. The fourth-order valence-electron chi connectivity index (χ4n) is 3.89. The monoisotopic (exact) mass is 358 g/mol. The molecule has 3 heterocycles. The van der Waals surface area contributed by atoms with Crippen LogP contribution < -0.4 is 5.73 Å².